The molecular formula is C9H13FO. The van der Waals surface area contributed by atoms with Gasteiger partial charge >= 0.3 is 0 Å². The lowest BCUT2D eigenvalue weighted by molar-refractivity contribution is 0.228. The summed E-state index contributed by atoms with van der Waals surface area (Å²) in [5.41, 5.74) is 0.865. The van der Waals surface area contributed by atoms with E-state index in [2.05, 4.69) is 6.58 Å². The molecule has 0 spiro atoms. The van der Waals surface area contributed by atoms with Gasteiger partial charge in [-0.05, 0) is 18.6 Å². The Labute approximate surface area is 66.9 Å². The molecule has 62 valence electrons. The number of methoxy groups -OCH3 is 1. The predicted molar refractivity (Wildman–Crippen MR) is 45.0 cm³/mol. The summed E-state index contributed by atoms with van der Waals surface area (Å²) < 4.78 is 17.0. The highest BCUT2D eigenvalue weighted by atomic mass is 19.1. The van der Waals surface area contributed by atoms with E-state index in [1.54, 1.807) is 19.3 Å². The van der Waals surface area contributed by atoms with E-state index in [0.717, 1.165) is 5.57 Å². The lowest BCUT2D eigenvalue weighted by atomic mass is 10.2. The smallest absolute Gasteiger partial charge is 0.0968 e. The Morgan fingerprint density at radius 3 is 2.55 bits per heavy atom. The van der Waals surface area contributed by atoms with Gasteiger partial charge in [0, 0.05) is 7.11 Å². The van der Waals surface area contributed by atoms with Gasteiger partial charge in [0.2, 0.25) is 0 Å². The second-order valence-electron chi connectivity index (χ2n) is 2.13. The van der Waals surface area contributed by atoms with Gasteiger partial charge in [-0.2, -0.15) is 0 Å². The van der Waals surface area contributed by atoms with Crippen LogP contribution in [0.1, 0.15) is 6.92 Å². The van der Waals surface area contributed by atoms with E-state index >= 15 is 0 Å². The van der Waals surface area contributed by atoms with Crippen molar-refractivity contribution in [1.29, 1.82) is 0 Å². The molecule has 0 N–H and O–H groups in total. The van der Waals surface area contributed by atoms with Crippen LogP contribution in [0.4, 0.5) is 4.39 Å². The molecule has 0 aromatic carbocycles. The van der Waals surface area contributed by atoms with Crippen LogP contribution in [0.15, 0.2) is 36.2 Å². The Hall–Kier alpha value is -0.890. The SMILES string of the molecule is C=C/C(=C\C=C(/C)F)COC. The van der Waals surface area contributed by atoms with Crippen molar-refractivity contribution in [2.75, 3.05) is 13.7 Å². The highest BCUT2D eigenvalue weighted by Crippen LogP contribution is 2.00. The lowest BCUT2D eigenvalue weighted by Gasteiger charge is -1.96. The Morgan fingerprint density at radius 2 is 2.18 bits per heavy atom. The molecule has 2 heteroatoms. The Kier molecular flexibility index (Phi) is 5.39. The van der Waals surface area contributed by atoms with Crippen molar-refractivity contribution in [2.45, 2.75) is 6.92 Å². The van der Waals surface area contributed by atoms with E-state index in [1.165, 1.54) is 13.0 Å². The predicted octanol–water partition coefficient (Wildman–Crippen LogP) is 2.62. The molecule has 0 aliphatic heterocycles. The molecule has 0 bridgehead atoms. The highest BCUT2D eigenvalue weighted by Gasteiger charge is 1.87. The van der Waals surface area contributed by atoms with Crippen molar-refractivity contribution < 1.29 is 9.13 Å². The van der Waals surface area contributed by atoms with Crippen LogP contribution in [-0.4, -0.2) is 13.7 Å². The van der Waals surface area contributed by atoms with Crippen LogP contribution >= 0.6 is 0 Å². The van der Waals surface area contributed by atoms with E-state index in [9.17, 15) is 4.39 Å². The fraction of sp³-hybridized carbons (Fsp3) is 0.333. The first-order valence-electron chi connectivity index (χ1n) is 3.35. The molecule has 0 saturated heterocycles. The normalized spacial score (nSPS) is 13.4. The molecule has 0 heterocycles. The monoisotopic (exact) mass is 156 g/mol. The van der Waals surface area contributed by atoms with Crippen LogP contribution in [-0.2, 0) is 4.74 Å². The van der Waals surface area contributed by atoms with Crippen molar-refractivity contribution in [3.8, 4) is 0 Å². The zero-order valence-electron chi connectivity index (χ0n) is 6.93. The zero-order valence-corrected chi connectivity index (χ0v) is 6.93. The van der Waals surface area contributed by atoms with Crippen LogP contribution in [0.5, 0.6) is 0 Å². The van der Waals surface area contributed by atoms with Crippen LogP contribution in [0.3, 0.4) is 0 Å². The minimum Gasteiger partial charge on any atom is -0.380 e. The molecule has 0 atom stereocenters. The summed E-state index contributed by atoms with van der Waals surface area (Å²) in [5.74, 6) is -0.222. The summed E-state index contributed by atoms with van der Waals surface area (Å²) in [6, 6.07) is 0. The third-order valence-corrected chi connectivity index (χ3v) is 1.10. The fourth-order valence-corrected chi connectivity index (χ4v) is 0.564. The van der Waals surface area contributed by atoms with Crippen molar-refractivity contribution in [1.82, 2.24) is 0 Å². The second-order valence-corrected chi connectivity index (χ2v) is 2.13. The largest absolute Gasteiger partial charge is 0.380 e. The van der Waals surface area contributed by atoms with Gasteiger partial charge in [0.1, 0.15) is 0 Å². The second kappa shape index (κ2) is 5.86. The van der Waals surface area contributed by atoms with Crippen LogP contribution < -0.4 is 0 Å². The molecule has 0 aromatic rings. The maximum absolute atomic E-state index is 12.2. The third-order valence-electron chi connectivity index (χ3n) is 1.10. The molecule has 0 radical (unpaired) electrons. The molecular weight excluding hydrogens is 143 g/mol. The van der Waals surface area contributed by atoms with E-state index < -0.39 is 0 Å². The number of halogens is 1. The molecule has 0 aromatic heterocycles. The molecule has 0 aliphatic rings. The Bertz CT molecular complexity index is 176. The van der Waals surface area contributed by atoms with Gasteiger partial charge in [0.05, 0.1) is 12.4 Å². The van der Waals surface area contributed by atoms with Crippen LogP contribution in [0.2, 0.25) is 0 Å². The van der Waals surface area contributed by atoms with Crippen molar-refractivity contribution >= 4 is 0 Å². The summed E-state index contributed by atoms with van der Waals surface area (Å²) in [6.07, 6.45) is 4.67. The first-order chi connectivity index (χ1) is 5.20. The van der Waals surface area contributed by atoms with Gasteiger partial charge in [-0.25, -0.2) is 4.39 Å². The molecule has 0 rings (SSSR count). The van der Waals surface area contributed by atoms with E-state index in [4.69, 9.17) is 4.74 Å². The van der Waals surface area contributed by atoms with Gasteiger partial charge < -0.3 is 4.74 Å². The molecule has 0 unspecified atom stereocenters. The van der Waals surface area contributed by atoms with Crippen molar-refractivity contribution in [3.05, 3.63) is 36.2 Å². The highest BCUT2D eigenvalue weighted by molar-refractivity contribution is 5.23. The van der Waals surface area contributed by atoms with E-state index in [0.29, 0.717) is 6.61 Å². The number of rotatable bonds is 4. The minimum atomic E-state index is -0.222. The number of hydrogen-bond acceptors (Lipinski definition) is 1. The average molecular weight is 156 g/mol. The number of hydrogen-bond donors (Lipinski definition) is 0. The maximum Gasteiger partial charge on any atom is 0.0968 e. The standard InChI is InChI=1S/C9H13FO/c1-4-9(7-11-3)6-5-8(2)10/h4-6H,1,7H2,2-3H3/b8-5+,9-6+. The summed E-state index contributed by atoms with van der Waals surface area (Å²) in [6.45, 7) is 5.42. The molecule has 0 aliphatic carbocycles. The molecule has 0 saturated carbocycles. The van der Waals surface area contributed by atoms with Gasteiger partial charge in [-0.1, -0.05) is 18.7 Å². The Balaban J connectivity index is 4.11. The topological polar surface area (TPSA) is 9.23 Å². The van der Waals surface area contributed by atoms with Crippen LogP contribution in [0.25, 0.3) is 0 Å². The summed E-state index contributed by atoms with van der Waals surface area (Å²) in [4.78, 5) is 0. The molecule has 0 amide bonds. The third kappa shape index (κ3) is 5.55. The van der Waals surface area contributed by atoms with Gasteiger partial charge in [-0.15, -0.1) is 0 Å². The summed E-state index contributed by atoms with van der Waals surface area (Å²) in [7, 11) is 1.59. The van der Waals surface area contributed by atoms with Crippen molar-refractivity contribution in [2.24, 2.45) is 0 Å². The van der Waals surface area contributed by atoms with Gasteiger partial charge in [-0.3, -0.25) is 0 Å². The van der Waals surface area contributed by atoms with Crippen molar-refractivity contribution in [3.63, 3.8) is 0 Å². The first kappa shape index (κ1) is 10.1. The molecule has 0 fully saturated rings. The summed E-state index contributed by atoms with van der Waals surface area (Å²) >= 11 is 0. The van der Waals surface area contributed by atoms with E-state index in [1.807, 2.05) is 0 Å². The minimum absolute atomic E-state index is 0.222. The average Bonchev–Trinajstić information content (AvgIpc) is 1.97. The first-order valence-corrected chi connectivity index (χ1v) is 3.35. The number of ether oxygens (including phenoxy) is 1. The van der Waals surface area contributed by atoms with Crippen LogP contribution in [0, 0.1) is 0 Å². The van der Waals surface area contributed by atoms with Gasteiger partial charge in [0.15, 0.2) is 0 Å². The zero-order chi connectivity index (χ0) is 8.69. The van der Waals surface area contributed by atoms with E-state index in [-0.39, 0.29) is 5.83 Å². The number of allylic oxidation sites excluding steroid dienone is 3. The van der Waals surface area contributed by atoms with Gasteiger partial charge in [0.25, 0.3) is 0 Å². The fourth-order valence-electron chi connectivity index (χ4n) is 0.564. The molecule has 1 nitrogen and oxygen atoms in total. The molecule has 11 heavy (non-hydrogen) atoms. The quantitative estimate of drug-likeness (QED) is 0.568. The lowest BCUT2D eigenvalue weighted by Crippen LogP contribution is -1.89. The Morgan fingerprint density at radius 1 is 1.55 bits per heavy atom. The summed E-state index contributed by atoms with van der Waals surface area (Å²) in [5, 5.41) is 0. The maximum atomic E-state index is 12.2.